The average Bonchev–Trinajstić information content (AvgIpc) is 3.13. The van der Waals surface area contributed by atoms with Crippen LogP contribution >= 0.6 is 0 Å². The molecule has 2 heterocycles. The van der Waals surface area contributed by atoms with E-state index in [0.717, 1.165) is 86.8 Å². The number of amides is 1. The smallest absolute Gasteiger partial charge is 0.247 e. The molecule has 4 aromatic rings. The van der Waals surface area contributed by atoms with Crippen molar-refractivity contribution in [1.82, 2.24) is 14.9 Å². The molecule has 0 saturated carbocycles. The summed E-state index contributed by atoms with van der Waals surface area (Å²) in [5.74, 6) is 0.264. The number of aliphatic hydroxyl groups is 3. The third-order valence-electron chi connectivity index (χ3n) is 6.78. The first-order valence-corrected chi connectivity index (χ1v) is 14.7. The van der Waals surface area contributed by atoms with Gasteiger partial charge in [0, 0.05) is 81.2 Å². The number of nitrogens with zero attached hydrogens (tertiary/aromatic N) is 4. The Morgan fingerprint density at radius 3 is 2.17 bits per heavy atom. The van der Waals surface area contributed by atoms with Crippen LogP contribution in [0.1, 0.15) is 0 Å². The highest BCUT2D eigenvalue weighted by Gasteiger charge is 2.16. The maximum absolute atomic E-state index is 11.7. The number of carbonyl (C=O) groups excluding carboxylic acids is 3. The van der Waals surface area contributed by atoms with Crippen LogP contribution in [-0.4, -0.2) is 102 Å². The van der Waals surface area contributed by atoms with E-state index < -0.39 is 0 Å². The first kappa shape index (κ1) is 37.9. The van der Waals surface area contributed by atoms with Crippen molar-refractivity contribution in [3.63, 3.8) is 0 Å². The standard InChI is InChI=1S/C29H30N6O2.C4H4O2.2CH4O/c1-2-27(37)31-24-7-3-5-21(19-24)26-8-4-6-22-20-30-29(33-28(22)26)32-23-9-11-25(12-10-23)35-15-13-34(14-16-35)17-18-36;5-3-1-2-4-6;2*1-2/h2-12,19-20,36H,1,13-18H2,(H,31,37)(H,30,32,33);1-4H;2*2H,1H3/b;2-1-;;. The number of hydrogen-bond acceptors (Lipinski definition) is 11. The SMILES string of the molecule is C=CC(=O)Nc1cccc(-c2cccc3cnc(Nc4ccc(N5CCN(CCO)CC5)cc4)nc23)c1.CO.CO.O=C/C=C\C=O. The molecule has 0 spiro atoms. The molecule has 1 aliphatic heterocycles. The second-order valence-electron chi connectivity index (χ2n) is 9.59. The van der Waals surface area contributed by atoms with E-state index in [0.29, 0.717) is 24.2 Å². The lowest BCUT2D eigenvalue weighted by molar-refractivity contribution is -0.112. The number of allylic oxidation sites excluding steroid dienone is 2. The van der Waals surface area contributed by atoms with Crippen molar-refractivity contribution in [2.45, 2.75) is 0 Å². The molecular weight excluding hydrogens is 600 g/mol. The van der Waals surface area contributed by atoms with Crippen molar-refractivity contribution >= 4 is 52.4 Å². The van der Waals surface area contributed by atoms with E-state index in [2.05, 4.69) is 44.1 Å². The van der Waals surface area contributed by atoms with E-state index in [1.807, 2.05) is 60.8 Å². The van der Waals surface area contributed by atoms with Crippen LogP contribution in [0.15, 0.2) is 97.7 Å². The Morgan fingerprint density at radius 2 is 1.55 bits per heavy atom. The molecular formula is C35H42N6O6. The Kier molecular flexibility index (Phi) is 17.3. The van der Waals surface area contributed by atoms with Crippen LogP contribution in [0.5, 0.6) is 0 Å². The Balaban J connectivity index is 0.000000683. The molecule has 1 aromatic heterocycles. The summed E-state index contributed by atoms with van der Waals surface area (Å²) in [5.41, 5.74) is 5.51. The number of β-amino-alcohol motifs (C(OH)–C–C–N with tert-alkyl or cyclic N) is 1. The fourth-order valence-electron chi connectivity index (χ4n) is 4.65. The number of benzene rings is 3. The van der Waals surface area contributed by atoms with E-state index in [-0.39, 0.29) is 12.5 Å². The normalized spacial score (nSPS) is 12.3. The van der Waals surface area contributed by atoms with Gasteiger partial charge in [0.2, 0.25) is 11.9 Å². The minimum Gasteiger partial charge on any atom is -0.400 e. The summed E-state index contributed by atoms with van der Waals surface area (Å²) in [4.78, 5) is 44.4. The van der Waals surface area contributed by atoms with Crippen molar-refractivity contribution in [2.75, 3.05) is 69.1 Å². The van der Waals surface area contributed by atoms with E-state index in [1.165, 1.54) is 11.8 Å². The Bertz CT molecular complexity index is 1580. The lowest BCUT2D eigenvalue weighted by Crippen LogP contribution is -2.47. The lowest BCUT2D eigenvalue weighted by atomic mass is 10.0. The van der Waals surface area contributed by atoms with Crippen molar-refractivity contribution in [3.8, 4) is 11.1 Å². The molecule has 0 atom stereocenters. The molecule has 0 bridgehead atoms. The highest BCUT2D eigenvalue weighted by atomic mass is 16.3. The number of aromatic nitrogens is 2. The Labute approximate surface area is 274 Å². The fraction of sp³-hybridized carbons (Fsp3) is 0.229. The molecule has 1 aliphatic rings. The van der Waals surface area contributed by atoms with Crippen LogP contribution < -0.4 is 15.5 Å². The number of rotatable bonds is 10. The van der Waals surface area contributed by atoms with Crippen molar-refractivity contribution in [2.24, 2.45) is 0 Å². The monoisotopic (exact) mass is 642 g/mol. The van der Waals surface area contributed by atoms with E-state index in [4.69, 9.17) is 20.3 Å². The number of fused-ring (bicyclic) bond motifs is 1. The molecule has 1 amide bonds. The van der Waals surface area contributed by atoms with Gasteiger partial charge in [-0.15, -0.1) is 0 Å². The third-order valence-corrected chi connectivity index (χ3v) is 6.78. The highest BCUT2D eigenvalue weighted by molar-refractivity contribution is 6.00. The molecule has 1 fully saturated rings. The molecule has 12 heteroatoms. The van der Waals surface area contributed by atoms with Gasteiger partial charge in [-0.1, -0.05) is 36.9 Å². The van der Waals surface area contributed by atoms with Gasteiger partial charge in [-0.3, -0.25) is 19.3 Å². The number of para-hydroxylation sites is 1. The summed E-state index contributed by atoms with van der Waals surface area (Å²) in [7, 11) is 2.00. The summed E-state index contributed by atoms with van der Waals surface area (Å²) in [6.45, 7) is 8.26. The van der Waals surface area contributed by atoms with Gasteiger partial charge in [-0.05, 0) is 60.2 Å². The number of carbonyl (C=O) groups is 3. The zero-order valence-electron chi connectivity index (χ0n) is 26.6. The largest absolute Gasteiger partial charge is 0.400 e. The summed E-state index contributed by atoms with van der Waals surface area (Å²) in [6, 6.07) is 22.0. The van der Waals surface area contributed by atoms with Gasteiger partial charge in [-0.2, -0.15) is 0 Å². The fourth-order valence-corrected chi connectivity index (χ4v) is 4.65. The molecule has 0 unspecified atom stereocenters. The minimum absolute atomic E-state index is 0.207. The Hall–Kier alpha value is -5.27. The molecule has 5 N–H and O–H groups in total. The molecule has 0 radical (unpaired) electrons. The van der Waals surface area contributed by atoms with Gasteiger partial charge in [0.25, 0.3) is 0 Å². The maximum atomic E-state index is 11.7. The molecule has 12 nitrogen and oxygen atoms in total. The topological polar surface area (TPSA) is 168 Å². The molecule has 3 aromatic carbocycles. The van der Waals surface area contributed by atoms with Crippen molar-refractivity contribution < 1.29 is 29.7 Å². The maximum Gasteiger partial charge on any atom is 0.247 e. The number of aliphatic hydroxyl groups excluding tert-OH is 3. The number of aldehydes is 2. The van der Waals surface area contributed by atoms with Gasteiger partial charge < -0.3 is 30.9 Å². The zero-order chi connectivity index (χ0) is 34.4. The number of anilines is 4. The van der Waals surface area contributed by atoms with Gasteiger partial charge in [0.05, 0.1) is 12.1 Å². The predicted octanol–water partition coefficient (Wildman–Crippen LogP) is 3.44. The Morgan fingerprint density at radius 1 is 0.894 bits per heavy atom. The number of nitrogens with one attached hydrogen (secondary N) is 2. The number of hydrogen-bond donors (Lipinski definition) is 5. The molecule has 47 heavy (non-hydrogen) atoms. The van der Waals surface area contributed by atoms with Gasteiger partial charge >= 0.3 is 0 Å². The van der Waals surface area contributed by atoms with E-state index in [9.17, 15) is 14.4 Å². The third kappa shape index (κ3) is 11.9. The van der Waals surface area contributed by atoms with Crippen LogP contribution in [0, 0.1) is 0 Å². The van der Waals surface area contributed by atoms with Crippen molar-refractivity contribution in [3.05, 3.63) is 97.7 Å². The summed E-state index contributed by atoms with van der Waals surface area (Å²) < 4.78 is 0. The molecule has 1 saturated heterocycles. The summed E-state index contributed by atoms with van der Waals surface area (Å²) in [6.07, 6.45) is 6.43. The zero-order valence-corrected chi connectivity index (χ0v) is 26.6. The molecule has 5 rings (SSSR count). The van der Waals surface area contributed by atoms with Crippen LogP contribution in [0.4, 0.5) is 23.0 Å². The van der Waals surface area contributed by atoms with Crippen molar-refractivity contribution in [1.29, 1.82) is 0 Å². The second-order valence-corrected chi connectivity index (χ2v) is 9.59. The predicted molar refractivity (Wildman–Crippen MR) is 187 cm³/mol. The first-order chi connectivity index (χ1) is 23.0. The lowest BCUT2D eigenvalue weighted by Gasteiger charge is -2.35. The quantitative estimate of drug-likeness (QED) is 0.127. The van der Waals surface area contributed by atoms with Gasteiger partial charge in [0.15, 0.2) is 0 Å². The van der Waals surface area contributed by atoms with Crippen LogP contribution in [0.2, 0.25) is 0 Å². The first-order valence-electron chi connectivity index (χ1n) is 14.7. The van der Waals surface area contributed by atoms with Crippen LogP contribution in [0.25, 0.3) is 22.0 Å². The highest BCUT2D eigenvalue weighted by Crippen LogP contribution is 2.30. The second kappa shape index (κ2) is 21.5. The van der Waals surface area contributed by atoms with E-state index in [1.54, 1.807) is 0 Å². The minimum atomic E-state index is -0.251. The van der Waals surface area contributed by atoms with Crippen LogP contribution in [-0.2, 0) is 14.4 Å². The van der Waals surface area contributed by atoms with Crippen LogP contribution in [0.3, 0.4) is 0 Å². The average molecular weight is 643 g/mol. The molecule has 248 valence electrons. The van der Waals surface area contributed by atoms with Gasteiger partial charge in [-0.25, -0.2) is 9.97 Å². The number of piperazine rings is 1. The summed E-state index contributed by atoms with van der Waals surface area (Å²) in [5, 5.41) is 30.2. The summed E-state index contributed by atoms with van der Waals surface area (Å²) >= 11 is 0. The van der Waals surface area contributed by atoms with E-state index >= 15 is 0 Å². The van der Waals surface area contributed by atoms with Gasteiger partial charge in [0.1, 0.15) is 12.6 Å². The molecule has 0 aliphatic carbocycles.